The first-order chi connectivity index (χ1) is 12.9. The van der Waals surface area contributed by atoms with E-state index in [9.17, 15) is 9.59 Å². The number of rotatable bonds is 5. The molecule has 1 fully saturated rings. The van der Waals surface area contributed by atoms with Crippen LogP contribution in [0.4, 0.5) is 11.4 Å². The van der Waals surface area contributed by atoms with E-state index >= 15 is 0 Å². The molecular formula is C19H27N3O5. The van der Waals surface area contributed by atoms with Gasteiger partial charge in [-0.05, 0) is 31.0 Å². The summed E-state index contributed by atoms with van der Waals surface area (Å²) >= 11 is 0. The number of carbonyl (C=O) groups is 2. The van der Waals surface area contributed by atoms with Crippen LogP contribution in [-0.4, -0.2) is 67.6 Å². The highest BCUT2D eigenvalue weighted by Crippen LogP contribution is 2.32. The minimum Gasteiger partial charge on any atom is -0.478 e. The van der Waals surface area contributed by atoms with Gasteiger partial charge in [-0.3, -0.25) is 0 Å². The van der Waals surface area contributed by atoms with Crippen LogP contribution in [0.1, 0.15) is 12.5 Å². The molecular weight excluding hydrogens is 350 g/mol. The maximum Gasteiger partial charge on any atom is 0.328 e. The van der Waals surface area contributed by atoms with E-state index in [-0.39, 0.29) is 6.04 Å². The molecule has 8 nitrogen and oxygen atoms in total. The van der Waals surface area contributed by atoms with Gasteiger partial charge in [-0.25, -0.2) is 9.59 Å². The van der Waals surface area contributed by atoms with Gasteiger partial charge < -0.3 is 30.5 Å². The first-order valence-electron chi connectivity index (χ1n) is 8.97. The molecule has 2 aliphatic rings. The van der Waals surface area contributed by atoms with Crippen LogP contribution in [0.15, 0.2) is 30.4 Å². The molecule has 1 aromatic rings. The summed E-state index contributed by atoms with van der Waals surface area (Å²) in [5, 5.41) is 15.6. The van der Waals surface area contributed by atoms with E-state index in [1.807, 2.05) is 0 Å². The number of hydrogen-bond donors (Lipinski definition) is 3. The van der Waals surface area contributed by atoms with Gasteiger partial charge in [0.1, 0.15) is 0 Å². The largest absolute Gasteiger partial charge is 0.478 e. The number of benzene rings is 1. The normalized spacial score (nSPS) is 17.3. The van der Waals surface area contributed by atoms with Crippen molar-refractivity contribution in [1.29, 1.82) is 0 Å². The summed E-state index contributed by atoms with van der Waals surface area (Å²) in [7, 11) is 0. The van der Waals surface area contributed by atoms with E-state index in [2.05, 4.69) is 34.9 Å². The lowest BCUT2D eigenvalue weighted by Crippen LogP contribution is -2.36. The maximum absolute atomic E-state index is 9.55. The molecule has 0 radical (unpaired) electrons. The van der Waals surface area contributed by atoms with Crippen molar-refractivity contribution in [3.63, 3.8) is 0 Å². The smallest absolute Gasteiger partial charge is 0.328 e. The van der Waals surface area contributed by atoms with Crippen LogP contribution in [0.5, 0.6) is 0 Å². The molecule has 3 rings (SSSR count). The fourth-order valence-electron chi connectivity index (χ4n) is 3.13. The number of nitrogens with zero attached hydrogens (tertiary/aromatic N) is 2. The Morgan fingerprint density at radius 2 is 1.81 bits per heavy atom. The molecule has 0 aliphatic carbocycles. The summed E-state index contributed by atoms with van der Waals surface area (Å²) < 4.78 is 5.42. The zero-order valence-electron chi connectivity index (χ0n) is 15.5. The van der Waals surface area contributed by atoms with Crippen molar-refractivity contribution in [2.45, 2.75) is 19.4 Å². The summed E-state index contributed by atoms with van der Waals surface area (Å²) in [4.78, 5) is 23.9. The van der Waals surface area contributed by atoms with Crippen LogP contribution >= 0.6 is 0 Å². The van der Waals surface area contributed by atoms with Crippen molar-refractivity contribution in [3.8, 4) is 0 Å². The van der Waals surface area contributed by atoms with Crippen molar-refractivity contribution < 1.29 is 24.5 Å². The second kappa shape index (κ2) is 9.94. The maximum atomic E-state index is 9.55. The molecule has 148 valence electrons. The second-order valence-electron chi connectivity index (χ2n) is 6.60. The van der Waals surface area contributed by atoms with E-state index < -0.39 is 11.9 Å². The number of anilines is 2. The molecule has 2 aliphatic heterocycles. The molecule has 4 N–H and O–H groups in total. The number of carboxylic acid groups (broad SMARTS) is 2. The Kier molecular flexibility index (Phi) is 7.63. The van der Waals surface area contributed by atoms with Gasteiger partial charge in [-0.15, -0.1) is 0 Å². The predicted octanol–water partition coefficient (Wildman–Crippen LogP) is 0.945. The molecule has 2 heterocycles. The number of aliphatic carboxylic acids is 2. The Bertz CT molecular complexity index is 668. The molecule has 1 unspecified atom stereocenters. The third-order valence-corrected chi connectivity index (χ3v) is 4.31. The average Bonchev–Trinajstić information content (AvgIpc) is 3.03. The summed E-state index contributed by atoms with van der Waals surface area (Å²) in [6.45, 7) is 7.77. The number of fused-ring (bicyclic) bond motifs is 1. The van der Waals surface area contributed by atoms with Crippen LogP contribution in [0.25, 0.3) is 0 Å². The minimum atomic E-state index is -1.26. The number of nitrogens with two attached hydrogens (primary N) is 1. The fourth-order valence-corrected chi connectivity index (χ4v) is 3.13. The van der Waals surface area contributed by atoms with Crippen molar-refractivity contribution in [2.75, 3.05) is 49.2 Å². The zero-order chi connectivity index (χ0) is 19.8. The quantitative estimate of drug-likeness (QED) is 0.650. The first-order valence-corrected chi connectivity index (χ1v) is 8.97. The average molecular weight is 377 g/mol. The summed E-state index contributed by atoms with van der Waals surface area (Å²) in [5.41, 5.74) is 10.1. The van der Waals surface area contributed by atoms with Crippen LogP contribution in [-0.2, 0) is 20.7 Å². The zero-order valence-corrected chi connectivity index (χ0v) is 15.5. The SMILES string of the molecule is CC(N)CN1CCc2ccc(N3CCOCC3)cc21.O=C(O)/C=C/C(=O)O. The lowest BCUT2D eigenvalue weighted by atomic mass is 10.1. The number of ether oxygens (including phenoxy) is 1. The third kappa shape index (κ3) is 6.58. The van der Waals surface area contributed by atoms with Crippen LogP contribution in [0, 0.1) is 0 Å². The lowest BCUT2D eigenvalue weighted by Gasteiger charge is -2.30. The van der Waals surface area contributed by atoms with E-state index in [0.29, 0.717) is 12.2 Å². The molecule has 27 heavy (non-hydrogen) atoms. The number of hydrogen-bond acceptors (Lipinski definition) is 6. The Morgan fingerprint density at radius 1 is 1.19 bits per heavy atom. The molecule has 1 atom stereocenters. The Balaban J connectivity index is 0.000000279. The molecule has 0 amide bonds. The fraction of sp³-hybridized carbons (Fsp3) is 0.474. The molecule has 8 heteroatoms. The van der Waals surface area contributed by atoms with Gasteiger partial charge >= 0.3 is 11.9 Å². The molecule has 0 aromatic heterocycles. The van der Waals surface area contributed by atoms with Crippen LogP contribution < -0.4 is 15.5 Å². The summed E-state index contributed by atoms with van der Waals surface area (Å²) in [6, 6.07) is 7.08. The molecule has 1 aromatic carbocycles. The summed E-state index contributed by atoms with van der Waals surface area (Å²) in [5.74, 6) is -2.51. The van der Waals surface area contributed by atoms with E-state index in [1.165, 1.54) is 16.9 Å². The van der Waals surface area contributed by atoms with Crippen molar-refractivity contribution in [3.05, 3.63) is 35.9 Å². The molecule has 0 saturated carbocycles. The van der Waals surface area contributed by atoms with Gasteiger partial charge in [0.15, 0.2) is 0 Å². The third-order valence-electron chi connectivity index (χ3n) is 4.31. The van der Waals surface area contributed by atoms with Gasteiger partial charge in [0.05, 0.1) is 13.2 Å². The van der Waals surface area contributed by atoms with Gasteiger partial charge in [-0.1, -0.05) is 6.07 Å². The van der Waals surface area contributed by atoms with Gasteiger partial charge in [0.2, 0.25) is 0 Å². The Hall–Kier alpha value is -2.58. The monoisotopic (exact) mass is 377 g/mol. The van der Waals surface area contributed by atoms with Crippen molar-refractivity contribution in [1.82, 2.24) is 0 Å². The predicted molar refractivity (Wildman–Crippen MR) is 103 cm³/mol. The second-order valence-corrected chi connectivity index (χ2v) is 6.60. The topological polar surface area (TPSA) is 116 Å². The Morgan fingerprint density at radius 3 is 2.37 bits per heavy atom. The van der Waals surface area contributed by atoms with Crippen molar-refractivity contribution in [2.24, 2.45) is 5.73 Å². The Labute approximate surface area is 158 Å². The van der Waals surface area contributed by atoms with Gasteiger partial charge in [0.25, 0.3) is 0 Å². The van der Waals surface area contributed by atoms with Crippen molar-refractivity contribution >= 4 is 23.3 Å². The number of carboxylic acids is 2. The standard InChI is InChI=1S/C15H23N3O.C4H4O4/c1-12(16)11-18-5-4-13-2-3-14(10-15(13)18)17-6-8-19-9-7-17;5-3(6)1-2-4(7)8/h2-3,10,12H,4-9,11,16H2,1H3;1-2H,(H,5,6)(H,7,8)/b;2-1+. The van der Waals surface area contributed by atoms with E-state index in [0.717, 1.165) is 45.8 Å². The molecule has 1 saturated heterocycles. The first kappa shape index (κ1) is 20.7. The van der Waals surface area contributed by atoms with Crippen LogP contribution in [0.3, 0.4) is 0 Å². The van der Waals surface area contributed by atoms with E-state index in [4.69, 9.17) is 20.7 Å². The van der Waals surface area contributed by atoms with E-state index in [1.54, 1.807) is 0 Å². The van der Waals surface area contributed by atoms with Crippen LogP contribution in [0.2, 0.25) is 0 Å². The molecule has 0 spiro atoms. The van der Waals surface area contributed by atoms with Gasteiger partial charge in [-0.2, -0.15) is 0 Å². The number of morpholine rings is 1. The highest BCUT2D eigenvalue weighted by atomic mass is 16.5. The van der Waals surface area contributed by atoms with Gasteiger partial charge in [0, 0.05) is 55.7 Å². The highest BCUT2D eigenvalue weighted by Gasteiger charge is 2.21. The highest BCUT2D eigenvalue weighted by molar-refractivity contribution is 5.89. The minimum absolute atomic E-state index is 0.220. The lowest BCUT2D eigenvalue weighted by molar-refractivity contribution is -0.134. The molecule has 0 bridgehead atoms. The summed E-state index contributed by atoms with van der Waals surface area (Å²) in [6.07, 6.45) is 2.26.